The highest BCUT2D eigenvalue weighted by Crippen LogP contribution is 2.08. The molecule has 0 saturated carbocycles. The first-order chi connectivity index (χ1) is 4.30. The molecule has 0 aromatic heterocycles. The quantitative estimate of drug-likeness (QED) is 0.509. The molecule has 2 heteroatoms. The average Bonchev–Trinajstić information content (AvgIpc) is 1.90. The fourth-order valence-corrected chi connectivity index (χ4v) is 1.12. The molecular formula is C7H12NO. The molecule has 1 fully saturated rings. The zero-order valence-corrected chi connectivity index (χ0v) is 5.76. The third-order valence-corrected chi connectivity index (χ3v) is 1.70. The molecule has 0 aliphatic carbocycles. The number of hydrogen-bond donors (Lipinski definition) is 0. The number of nitrogens with zero attached hydrogens (tertiary/aromatic N) is 1. The van der Waals surface area contributed by atoms with Gasteiger partial charge in [-0.25, -0.2) is 5.32 Å². The standard InChI is InChI=1S/C7H12NO/c1-6(9)7-4-2-3-5-8-7/h7H,2-5H2,1H3. The fraction of sp³-hybridized carbons (Fsp3) is 0.857. The summed E-state index contributed by atoms with van der Waals surface area (Å²) in [5, 5.41) is 4.18. The Balaban J connectivity index is 2.31. The summed E-state index contributed by atoms with van der Waals surface area (Å²) >= 11 is 0. The minimum atomic E-state index is 0.0405. The van der Waals surface area contributed by atoms with Gasteiger partial charge in [-0.05, 0) is 19.8 Å². The molecule has 1 radical (unpaired) electrons. The summed E-state index contributed by atoms with van der Waals surface area (Å²) in [5.74, 6) is 0.231. The van der Waals surface area contributed by atoms with Crippen LogP contribution < -0.4 is 5.32 Å². The first-order valence-corrected chi connectivity index (χ1v) is 3.48. The van der Waals surface area contributed by atoms with Crippen LogP contribution in [0.25, 0.3) is 0 Å². The molecule has 1 atom stereocenters. The van der Waals surface area contributed by atoms with E-state index in [4.69, 9.17) is 0 Å². The van der Waals surface area contributed by atoms with E-state index in [9.17, 15) is 4.79 Å². The minimum Gasteiger partial charge on any atom is -0.298 e. The predicted molar refractivity (Wildman–Crippen MR) is 35.3 cm³/mol. The van der Waals surface area contributed by atoms with Crippen LogP contribution in [0.4, 0.5) is 0 Å². The Hall–Kier alpha value is -0.370. The first kappa shape index (κ1) is 6.75. The Morgan fingerprint density at radius 2 is 2.33 bits per heavy atom. The van der Waals surface area contributed by atoms with Crippen LogP contribution in [-0.2, 0) is 4.79 Å². The Morgan fingerprint density at radius 1 is 1.56 bits per heavy atom. The molecule has 1 saturated heterocycles. The molecule has 0 bridgehead atoms. The van der Waals surface area contributed by atoms with Crippen molar-refractivity contribution in [2.75, 3.05) is 6.54 Å². The van der Waals surface area contributed by atoms with E-state index in [0.717, 1.165) is 13.0 Å². The minimum absolute atomic E-state index is 0.0405. The normalized spacial score (nSPS) is 27.9. The lowest BCUT2D eigenvalue weighted by molar-refractivity contribution is -0.119. The van der Waals surface area contributed by atoms with Gasteiger partial charge in [0.1, 0.15) is 5.78 Å². The summed E-state index contributed by atoms with van der Waals surface area (Å²) < 4.78 is 0. The maximum absolute atomic E-state index is 10.7. The van der Waals surface area contributed by atoms with Gasteiger partial charge in [0.15, 0.2) is 0 Å². The second kappa shape index (κ2) is 2.97. The lowest BCUT2D eigenvalue weighted by atomic mass is 10.0. The summed E-state index contributed by atoms with van der Waals surface area (Å²) in [4.78, 5) is 10.7. The third kappa shape index (κ3) is 1.79. The molecule has 51 valence electrons. The van der Waals surface area contributed by atoms with Crippen molar-refractivity contribution < 1.29 is 4.79 Å². The van der Waals surface area contributed by atoms with Crippen molar-refractivity contribution in [3.05, 3.63) is 0 Å². The molecule has 1 unspecified atom stereocenters. The van der Waals surface area contributed by atoms with E-state index >= 15 is 0 Å². The van der Waals surface area contributed by atoms with Gasteiger partial charge in [0, 0.05) is 6.54 Å². The Labute approximate surface area is 55.6 Å². The monoisotopic (exact) mass is 126 g/mol. The molecule has 1 aliphatic heterocycles. The van der Waals surface area contributed by atoms with Crippen LogP contribution in [0, 0.1) is 0 Å². The number of carbonyl (C=O) groups is 1. The van der Waals surface area contributed by atoms with Crippen LogP contribution in [0.1, 0.15) is 26.2 Å². The SMILES string of the molecule is CC(=O)C1CCCC[N]1. The van der Waals surface area contributed by atoms with Gasteiger partial charge < -0.3 is 0 Å². The lowest BCUT2D eigenvalue weighted by Crippen LogP contribution is -2.33. The lowest BCUT2D eigenvalue weighted by Gasteiger charge is -2.18. The van der Waals surface area contributed by atoms with E-state index in [1.54, 1.807) is 6.92 Å². The summed E-state index contributed by atoms with van der Waals surface area (Å²) in [7, 11) is 0. The Morgan fingerprint density at radius 3 is 2.67 bits per heavy atom. The van der Waals surface area contributed by atoms with Gasteiger partial charge in [0.25, 0.3) is 0 Å². The van der Waals surface area contributed by atoms with Crippen molar-refractivity contribution in [2.24, 2.45) is 0 Å². The summed E-state index contributed by atoms with van der Waals surface area (Å²) in [6.45, 7) is 2.52. The highest BCUT2D eigenvalue weighted by Gasteiger charge is 2.17. The molecule has 0 N–H and O–H groups in total. The smallest absolute Gasteiger partial charge is 0.148 e. The van der Waals surface area contributed by atoms with Crippen molar-refractivity contribution in [3.8, 4) is 0 Å². The van der Waals surface area contributed by atoms with Crippen molar-refractivity contribution in [1.82, 2.24) is 5.32 Å². The molecular weight excluding hydrogens is 114 g/mol. The van der Waals surface area contributed by atoms with Gasteiger partial charge in [0.05, 0.1) is 6.04 Å². The van der Waals surface area contributed by atoms with Crippen molar-refractivity contribution in [1.29, 1.82) is 0 Å². The highest BCUT2D eigenvalue weighted by molar-refractivity contribution is 5.81. The van der Waals surface area contributed by atoms with Crippen molar-refractivity contribution in [2.45, 2.75) is 32.2 Å². The molecule has 0 spiro atoms. The van der Waals surface area contributed by atoms with Gasteiger partial charge in [0.2, 0.25) is 0 Å². The van der Waals surface area contributed by atoms with Gasteiger partial charge >= 0.3 is 0 Å². The van der Waals surface area contributed by atoms with Crippen LogP contribution >= 0.6 is 0 Å². The van der Waals surface area contributed by atoms with Crippen LogP contribution in [0.3, 0.4) is 0 Å². The van der Waals surface area contributed by atoms with Gasteiger partial charge in [-0.15, -0.1) is 0 Å². The molecule has 1 heterocycles. The number of rotatable bonds is 1. The summed E-state index contributed by atoms with van der Waals surface area (Å²) in [6, 6.07) is 0.0405. The molecule has 1 rings (SSSR count). The van der Waals surface area contributed by atoms with Crippen LogP contribution in [-0.4, -0.2) is 18.4 Å². The zero-order valence-electron chi connectivity index (χ0n) is 5.76. The molecule has 9 heavy (non-hydrogen) atoms. The number of carbonyl (C=O) groups excluding carboxylic acids is 1. The number of piperidine rings is 1. The highest BCUT2D eigenvalue weighted by atomic mass is 16.1. The molecule has 0 aromatic rings. The molecule has 0 amide bonds. The maximum atomic E-state index is 10.7. The predicted octanol–water partition coefficient (Wildman–Crippen LogP) is 0.732. The Kier molecular flexibility index (Phi) is 2.22. The molecule has 0 aromatic carbocycles. The third-order valence-electron chi connectivity index (χ3n) is 1.70. The topological polar surface area (TPSA) is 31.2 Å². The van der Waals surface area contributed by atoms with Crippen LogP contribution in [0.15, 0.2) is 0 Å². The number of hydrogen-bond acceptors (Lipinski definition) is 1. The van der Waals surface area contributed by atoms with Crippen LogP contribution in [0.2, 0.25) is 0 Å². The van der Waals surface area contributed by atoms with Crippen molar-refractivity contribution in [3.63, 3.8) is 0 Å². The van der Waals surface area contributed by atoms with E-state index in [2.05, 4.69) is 5.32 Å². The number of Topliss-reactive ketones (excluding diaryl/α,β-unsaturated/α-hetero) is 1. The average molecular weight is 126 g/mol. The van der Waals surface area contributed by atoms with Crippen LogP contribution in [0.5, 0.6) is 0 Å². The second-order valence-electron chi connectivity index (χ2n) is 2.53. The van der Waals surface area contributed by atoms with Gasteiger partial charge in [-0.3, -0.25) is 4.79 Å². The van der Waals surface area contributed by atoms with E-state index < -0.39 is 0 Å². The summed E-state index contributed by atoms with van der Waals surface area (Å²) in [6.07, 6.45) is 3.33. The van der Waals surface area contributed by atoms with Gasteiger partial charge in [-0.1, -0.05) is 6.42 Å². The largest absolute Gasteiger partial charge is 0.298 e. The van der Waals surface area contributed by atoms with E-state index in [1.165, 1.54) is 12.8 Å². The fourth-order valence-electron chi connectivity index (χ4n) is 1.12. The Bertz CT molecular complexity index is 105. The number of ketones is 1. The zero-order chi connectivity index (χ0) is 6.69. The second-order valence-corrected chi connectivity index (χ2v) is 2.53. The molecule has 1 aliphatic rings. The van der Waals surface area contributed by atoms with Crippen molar-refractivity contribution >= 4 is 5.78 Å². The molecule has 2 nitrogen and oxygen atoms in total. The van der Waals surface area contributed by atoms with E-state index in [0.29, 0.717) is 0 Å². The van der Waals surface area contributed by atoms with Gasteiger partial charge in [-0.2, -0.15) is 0 Å². The first-order valence-electron chi connectivity index (χ1n) is 3.48. The summed E-state index contributed by atoms with van der Waals surface area (Å²) in [5.41, 5.74) is 0. The van der Waals surface area contributed by atoms with E-state index in [1.807, 2.05) is 0 Å². The van der Waals surface area contributed by atoms with E-state index in [-0.39, 0.29) is 11.8 Å². The maximum Gasteiger partial charge on any atom is 0.148 e.